The highest BCUT2D eigenvalue weighted by Crippen LogP contribution is 2.17. The van der Waals surface area contributed by atoms with Crippen molar-refractivity contribution in [1.29, 1.82) is 0 Å². The van der Waals surface area contributed by atoms with Crippen LogP contribution in [0.25, 0.3) is 5.69 Å². The molecule has 0 aliphatic carbocycles. The third-order valence-electron chi connectivity index (χ3n) is 3.96. The van der Waals surface area contributed by atoms with E-state index in [4.69, 9.17) is 14.2 Å². The summed E-state index contributed by atoms with van der Waals surface area (Å²) in [6, 6.07) is 17.0. The van der Waals surface area contributed by atoms with Gasteiger partial charge in [-0.05, 0) is 54.4 Å². The lowest BCUT2D eigenvalue weighted by molar-refractivity contribution is -0.145. The Balaban J connectivity index is 1.34. The summed E-state index contributed by atoms with van der Waals surface area (Å²) in [5, 5.41) is 4.18. The molecule has 0 amide bonds. The Kier molecular flexibility index (Phi) is 6.46. The van der Waals surface area contributed by atoms with Crippen molar-refractivity contribution >= 4 is 5.97 Å². The highest BCUT2D eigenvalue weighted by Gasteiger charge is 2.05. The Morgan fingerprint density at radius 3 is 2.44 bits per heavy atom. The van der Waals surface area contributed by atoms with Gasteiger partial charge in [-0.15, -0.1) is 0 Å². The normalized spacial score (nSPS) is 10.4. The smallest absolute Gasteiger partial charge is 0.306 e. The van der Waals surface area contributed by atoms with Crippen molar-refractivity contribution in [3.63, 3.8) is 0 Å². The van der Waals surface area contributed by atoms with Crippen LogP contribution in [0, 0.1) is 0 Å². The fourth-order valence-corrected chi connectivity index (χ4v) is 2.48. The van der Waals surface area contributed by atoms with Gasteiger partial charge in [0, 0.05) is 18.8 Å². The van der Waals surface area contributed by atoms with Crippen LogP contribution in [0.1, 0.15) is 18.4 Å². The number of carbonyl (C=O) groups is 1. The summed E-state index contributed by atoms with van der Waals surface area (Å²) in [5.41, 5.74) is 1.90. The van der Waals surface area contributed by atoms with Crippen molar-refractivity contribution in [3.8, 4) is 17.2 Å². The Bertz CT molecular complexity index is 828. The van der Waals surface area contributed by atoms with Crippen molar-refractivity contribution in [1.82, 2.24) is 9.78 Å². The van der Waals surface area contributed by atoms with Gasteiger partial charge < -0.3 is 14.2 Å². The molecule has 0 N–H and O–H groups in total. The summed E-state index contributed by atoms with van der Waals surface area (Å²) in [7, 11) is 1.62. The zero-order chi connectivity index (χ0) is 18.9. The molecule has 1 heterocycles. The van der Waals surface area contributed by atoms with Crippen LogP contribution in [0.2, 0.25) is 0 Å². The third-order valence-corrected chi connectivity index (χ3v) is 3.96. The molecule has 0 unspecified atom stereocenters. The van der Waals surface area contributed by atoms with Crippen LogP contribution in [0.5, 0.6) is 11.5 Å². The maximum atomic E-state index is 11.9. The second-order valence-corrected chi connectivity index (χ2v) is 5.91. The van der Waals surface area contributed by atoms with Crippen LogP contribution in [0.4, 0.5) is 0 Å². The second kappa shape index (κ2) is 9.43. The summed E-state index contributed by atoms with van der Waals surface area (Å²) in [6.45, 7) is 0.720. The van der Waals surface area contributed by atoms with E-state index in [1.165, 1.54) is 0 Å². The summed E-state index contributed by atoms with van der Waals surface area (Å²) in [4.78, 5) is 11.9. The number of aromatic nitrogens is 2. The maximum Gasteiger partial charge on any atom is 0.306 e. The summed E-state index contributed by atoms with van der Waals surface area (Å²) >= 11 is 0. The zero-order valence-corrected chi connectivity index (χ0v) is 15.2. The minimum absolute atomic E-state index is 0.232. The highest BCUT2D eigenvalue weighted by molar-refractivity contribution is 5.69. The summed E-state index contributed by atoms with van der Waals surface area (Å²) in [5.74, 6) is 1.30. The fraction of sp³-hybridized carbons (Fsp3) is 0.238. The van der Waals surface area contributed by atoms with Gasteiger partial charge in [0.25, 0.3) is 0 Å². The lowest BCUT2D eigenvalue weighted by atomic mass is 10.2. The number of ether oxygens (including phenoxy) is 3. The molecule has 0 saturated carbocycles. The van der Waals surface area contributed by atoms with Gasteiger partial charge in [0.2, 0.25) is 0 Å². The monoisotopic (exact) mass is 366 g/mol. The Hall–Kier alpha value is -3.28. The van der Waals surface area contributed by atoms with E-state index in [-0.39, 0.29) is 12.6 Å². The lowest BCUT2D eigenvalue weighted by Crippen LogP contribution is -2.07. The Labute approximate surface area is 158 Å². The minimum Gasteiger partial charge on any atom is -0.497 e. The molecule has 1 aromatic heterocycles. The van der Waals surface area contributed by atoms with E-state index in [1.807, 2.05) is 60.8 Å². The van der Waals surface area contributed by atoms with Gasteiger partial charge in [-0.3, -0.25) is 4.79 Å². The van der Waals surface area contributed by atoms with Gasteiger partial charge in [0.15, 0.2) is 0 Å². The average Bonchev–Trinajstić information content (AvgIpc) is 3.25. The molecule has 3 rings (SSSR count). The van der Waals surface area contributed by atoms with E-state index < -0.39 is 0 Å². The molecule has 6 heteroatoms. The van der Waals surface area contributed by atoms with Crippen LogP contribution in [-0.4, -0.2) is 29.5 Å². The Morgan fingerprint density at radius 1 is 1.04 bits per heavy atom. The number of methoxy groups -OCH3 is 1. The number of nitrogens with zero attached hydrogens (tertiary/aromatic N) is 2. The van der Waals surface area contributed by atoms with Gasteiger partial charge in [-0.2, -0.15) is 5.10 Å². The Morgan fingerprint density at radius 2 is 1.78 bits per heavy atom. The second-order valence-electron chi connectivity index (χ2n) is 5.91. The predicted molar refractivity (Wildman–Crippen MR) is 101 cm³/mol. The molecule has 0 aliphatic rings. The van der Waals surface area contributed by atoms with Gasteiger partial charge in [0.05, 0.1) is 19.4 Å². The van der Waals surface area contributed by atoms with Gasteiger partial charge in [-0.25, -0.2) is 4.68 Å². The van der Waals surface area contributed by atoms with E-state index in [1.54, 1.807) is 18.0 Å². The molecule has 6 nitrogen and oxygen atoms in total. The average molecular weight is 366 g/mol. The van der Waals surface area contributed by atoms with Crippen LogP contribution in [-0.2, 0) is 16.1 Å². The molecule has 0 spiro atoms. The molecule has 0 atom stereocenters. The van der Waals surface area contributed by atoms with Crippen LogP contribution in [0.3, 0.4) is 0 Å². The molecule has 0 fully saturated rings. The van der Waals surface area contributed by atoms with E-state index in [2.05, 4.69) is 5.10 Å². The van der Waals surface area contributed by atoms with Crippen molar-refractivity contribution in [2.75, 3.05) is 13.7 Å². The molecule has 0 bridgehead atoms. The zero-order valence-electron chi connectivity index (χ0n) is 15.2. The number of hydrogen-bond donors (Lipinski definition) is 0. The van der Waals surface area contributed by atoms with Gasteiger partial charge in [0.1, 0.15) is 18.1 Å². The van der Waals surface area contributed by atoms with E-state index in [9.17, 15) is 4.79 Å². The SMILES string of the molecule is COc1ccc(OCCCC(=O)OCc2ccc(-n3cccn3)cc2)cc1. The first-order valence-corrected chi connectivity index (χ1v) is 8.76. The van der Waals surface area contributed by atoms with Crippen molar-refractivity contribution < 1.29 is 19.0 Å². The first-order chi connectivity index (χ1) is 13.2. The first-order valence-electron chi connectivity index (χ1n) is 8.76. The van der Waals surface area contributed by atoms with E-state index in [0.29, 0.717) is 19.4 Å². The third kappa shape index (κ3) is 5.60. The molecule has 0 aliphatic heterocycles. The molecular weight excluding hydrogens is 344 g/mol. The van der Waals surface area contributed by atoms with Crippen molar-refractivity contribution in [3.05, 3.63) is 72.6 Å². The topological polar surface area (TPSA) is 62.6 Å². The molecule has 0 saturated heterocycles. The number of esters is 1. The van der Waals surface area contributed by atoms with E-state index >= 15 is 0 Å². The summed E-state index contributed by atoms with van der Waals surface area (Å²) in [6.07, 6.45) is 4.53. The van der Waals surface area contributed by atoms with Crippen LogP contribution < -0.4 is 9.47 Å². The number of benzene rings is 2. The predicted octanol–water partition coefficient (Wildman–Crippen LogP) is 3.78. The van der Waals surface area contributed by atoms with Crippen LogP contribution >= 0.6 is 0 Å². The number of rotatable bonds is 9. The molecular formula is C21H22N2O4. The van der Waals surface area contributed by atoms with Crippen molar-refractivity contribution in [2.24, 2.45) is 0 Å². The van der Waals surface area contributed by atoms with E-state index in [0.717, 1.165) is 22.7 Å². The molecule has 140 valence electrons. The largest absolute Gasteiger partial charge is 0.497 e. The maximum absolute atomic E-state index is 11.9. The molecule has 27 heavy (non-hydrogen) atoms. The van der Waals surface area contributed by atoms with Crippen molar-refractivity contribution in [2.45, 2.75) is 19.4 Å². The quantitative estimate of drug-likeness (QED) is 0.426. The van der Waals surface area contributed by atoms with Gasteiger partial charge in [-0.1, -0.05) is 12.1 Å². The molecule has 2 aromatic carbocycles. The minimum atomic E-state index is -0.232. The molecule has 0 radical (unpaired) electrons. The van der Waals surface area contributed by atoms with Gasteiger partial charge >= 0.3 is 5.97 Å². The number of hydrogen-bond acceptors (Lipinski definition) is 5. The highest BCUT2D eigenvalue weighted by atomic mass is 16.5. The summed E-state index contributed by atoms with van der Waals surface area (Å²) < 4.78 is 17.8. The number of carbonyl (C=O) groups excluding carboxylic acids is 1. The lowest BCUT2D eigenvalue weighted by Gasteiger charge is -2.08. The standard InChI is InChI=1S/C21H22N2O4/c1-25-19-9-11-20(12-10-19)26-15-2-4-21(24)27-16-17-5-7-18(8-6-17)23-14-3-13-22-23/h3,5-14H,2,4,15-16H2,1H3. The first kappa shape index (κ1) is 18.5. The fourth-order valence-electron chi connectivity index (χ4n) is 2.48. The van der Waals surface area contributed by atoms with Crippen LogP contribution in [0.15, 0.2) is 67.0 Å². The molecule has 3 aromatic rings.